The zero-order valence-electron chi connectivity index (χ0n) is 24.0. The Morgan fingerprint density at radius 1 is 1.26 bits per heavy atom. The van der Waals surface area contributed by atoms with E-state index in [1.165, 1.54) is 37.4 Å². The lowest BCUT2D eigenvalue weighted by Crippen LogP contribution is -2.50. The Bertz CT molecular complexity index is 1650. The lowest BCUT2D eigenvalue weighted by atomic mass is 9.93. The standard InChI is InChI=1S/C29H34F3N5O5S/c1-19-16-36(11-12-38)10-8-23(19)35-28(39)22-13-20(14-25-27(22)34-18-37(25)17-29(30,31)32)5-4-9-33-24-15-21(43(3,40)41)6-7-26(24)42-2/h6-7,13-15,18-19,23,33,38H,8-12,16-17H2,1-3H3,(H,35,39)/t19-,23-/m0/s1. The molecule has 3 aromatic rings. The van der Waals surface area contributed by atoms with Gasteiger partial charge < -0.3 is 29.9 Å². The highest BCUT2D eigenvalue weighted by Gasteiger charge is 2.31. The van der Waals surface area contributed by atoms with Gasteiger partial charge in [-0.15, -0.1) is 0 Å². The van der Waals surface area contributed by atoms with E-state index in [9.17, 15) is 31.5 Å². The number of aromatic nitrogens is 2. The van der Waals surface area contributed by atoms with Gasteiger partial charge in [-0.25, -0.2) is 13.4 Å². The number of imidazole rings is 1. The molecule has 0 bridgehead atoms. The van der Waals surface area contributed by atoms with Gasteiger partial charge in [0, 0.05) is 37.5 Å². The zero-order valence-corrected chi connectivity index (χ0v) is 24.8. The summed E-state index contributed by atoms with van der Waals surface area (Å²) >= 11 is 0. The Balaban J connectivity index is 1.61. The number of fused-ring (bicyclic) bond motifs is 1. The van der Waals surface area contributed by atoms with Crippen molar-refractivity contribution in [1.82, 2.24) is 19.8 Å². The van der Waals surface area contributed by atoms with Crippen molar-refractivity contribution in [1.29, 1.82) is 0 Å². The number of anilines is 1. The SMILES string of the molecule is COc1ccc(S(C)(=O)=O)cc1NCC#Cc1cc(C(=O)N[C@H]2CCN(CCO)C[C@@H]2C)c2ncn(CC(F)(F)F)c2c1. The van der Waals surface area contributed by atoms with Gasteiger partial charge in [0.2, 0.25) is 0 Å². The highest BCUT2D eigenvalue weighted by atomic mass is 32.2. The minimum Gasteiger partial charge on any atom is -0.495 e. The number of carbonyl (C=O) groups is 1. The van der Waals surface area contributed by atoms with Crippen LogP contribution in [0.4, 0.5) is 18.9 Å². The second-order valence-corrected chi connectivity index (χ2v) is 12.6. The first-order valence-electron chi connectivity index (χ1n) is 13.6. The van der Waals surface area contributed by atoms with Gasteiger partial charge in [-0.05, 0) is 42.7 Å². The van der Waals surface area contributed by atoms with Gasteiger partial charge in [-0.3, -0.25) is 4.79 Å². The molecule has 0 spiro atoms. The molecule has 1 aromatic heterocycles. The fourth-order valence-corrected chi connectivity index (χ4v) is 5.75. The molecule has 3 N–H and O–H groups in total. The van der Waals surface area contributed by atoms with Gasteiger partial charge in [0.25, 0.3) is 5.91 Å². The number of nitrogens with one attached hydrogen (secondary N) is 2. The number of aliphatic hydroxyl groups excluding tert-OH is 1. The van der Waals surface area contributed by atoms with Crippen LogP contribution >= 0.6 is 0 Å². The van der Waals surface area contributed by atoms with Gasteiger partial charge in [-0.1, -0.05) is 18.8 Å². The van der Waals surface area contributed by atoms with Crippen molar-refractivity contribution in [3.05, 3.63) is 47.8 Å². The molecule has 43 heavy (non-hydrogen) atoms. The summed E-state index contributed by atoms with van der Waals surface area (Å²) in [6.07, 6.45) is -1.69. The first kappa shape index (κ1) is 32.1. The molecule has 10 nitrogen and oxygen atoms in total. The maximum absolute atomic E-state index is 13.5. The van der Waals surface area contributed by atoms with Crippen LogP contribution in [0, 0.1) is 17.8 Å². The molecule has 1 aliphatic heterocycles. The van der Waals surface area contributed by atoms with Gasteiger partial charge in [0.15, 0.2) is 9.84 Å². The summed E-state index contributed by atoms with van der Waals surface area (Å²) in [4.78, 5) is 19.8. The first-order valence-corrected chi connectivity index (χ1v) is 15.5. The number of sulfone groups is 1. The summed E-state index contributed by atoms with van der Waals surface area (Å²) in [5.41, 5.74) is 1.08. The third kappa shape index (κ3) is 8.19. The average Bonchev–Trinajstić information content (AvgIpc) is 3.32. The number of piperidine rings is 1. The highest BCUT2D eigenvalue weighted by molar-refractivity contribution is 7.90. The van der Waals surface area contributed by atoms with E-state index in [1.807, 2.05) is 6.92 Å². The minimum absolute atomic E-state index is 0.0479. The van der Waals surface area contributed by atoms with E-state index in [2.05, 4.69) is 32.4 Å². The number of alkyl halides is 3. The Morgan fingerprint density at radius 2 is 2.02 bits per heavy atom. The molecule has 0 saturated carbocycles. The lowest BCUT2D eigenvalue weighted by molar-refractivity contribution is -0.139. The maximum Gasteiger partial charge on any atom is 0.406 e. The number of aliphatic hydroxyl groups is 1. The zero-order chi connectivity index (χ0) is 31.4. The van der Waals surface area contributed by atoms with Crippen molar-refractivity contribution in [3.8, 4) is 17.6 Å². The maximum atomic E-state index is 13.5. The molecule has 2 heterocycles. The van der Waals surface area contributed by atoms with Crippen LogP contribution in [-0.2, 0) is 16.4 Å². The fourth-order valence-electron chi connectivity index (χ4n) is 5.11. The lowest BCUT2D eigenvalue weighted by Gasteiger charge is -2.37. The van der Waals surface area contributed by atoms with Crippen molar-refractivity contribution in [2.45, 2.75) is 37.0 Å². The van der Waals surface area contributed by atoms with Gasteiger partial charge in [-0.2, -0.15) is 13.2 Å². The summed E-state index contributed by atoms with van der Waals surface area (Å²) in [6.45, 7) is 2.76. The summed E-state index contributed by atoms with van der Waals surface area (Å²) in [5, 5.41) is 15.3. The second kappa shape index (κ2) is 13.2. The summed E-state index contributed by atoms with van der Waals surface area (Å²) in [5.74, 6) is 5.81. The number of carbonyl (C=O) groups excluding carboxylic acids is 1. The number of halogens is 3. The number of ether oxygens (including phenoxy) is 1. The molecule has 1 fully saturated rings. The van der Waals surface area contributed by atoms with Crippen LogP contribution in [0.2, 0.25) is 0 Å². The number of benzene rings is 2. The Labute approximate surface area is 248 Å². The number of likely N-dealkylation sites (tertiary alicyclic amines) is 1. The predicted octanol–water partition coefficient (Wildman–Crippen LogP) is 2.91. The van der Waals surface area contributed by atoms with E-state index < -0.39 is 28.5 Å². The van der Waals surface area contributed by atoms with E-state index in [-0.39, 0.29) is 46.6 Å². The number of rotatable bonds is 9. The summed E-state index contributed by atoms with van der Waals surface area (Å²) < 4.78 is 70.0. The fraction of sp³-hybridized carbons (Fsp3) is 0.448. The molecule has 14 heteroatoms. The van der Waals surface area contributed by atoms with E-state index in [0.717, 1.165) is 17.2 Å². The van der Waals surface area contributed by atoms with Gasteiger partial charge in [0.05, 0.1) is 48.3 Å². The molecule has 0 aliphatic carbocycles. The number of β-amino-alcohol motifs (C(OH)–C–C–N with tert-alkyl or cyclic N) is 1. The molecule has 4 rings (SSSR count). The first-order chi connectivity index (χ1) is 20.3. The smallest absolute Gasteiger partial charge is 0.406 e. The average molecular weight is 622 g/mol. The highest BCUT2D eigenvalue weighted by Crippen LogP contribution is 2.28. The summed E-state index contributed by atoms with van der Waals surface area (Å²) in [7, 11) is -2.02. The van der Waals surface area contributed by atoms with Crippen LogP contribution in [0.15, 0.2) is 41.6 Å². The van der Waals surface area contributed by atoms with E-state index in [1.54, 1.807) is 0 Å². The monoisotopic (exact) mass is 621 g/mol. The van der Waals surface area contributed by atoms with Crippen LogP contribution in [0.5, 0.6) is 5.75 Å². The van der Waals surface area contributed by atoms with Crippen LogP contribution in [0.25, 0.3) is 11.0 Å². The second-order valence-electron chi connectivity index (χ2n) is 10.5. The Kier molecular flexibility index (Phi) is 9.89. The molecule has 1 amide bonds. The minimum atomic E-state index is -4.50. The molecule has 1 saturated heterocycles. The molecule has 0 radical (unpaired) electrons. The van der Waals surface area contributed by atoms with Crippen molar-refractivity contribution in [3.63, 3.8) is 0 Å². The number of hydrogen-bond donors (Lipinski definition) is 3. The number of amides is 1. The molecule has 2 aromatic carbocycles. The van der Waals surface area contributed by atoms with Crippen LogP contribution in [0.3, 0.4) is 0 Å². The van der Waals surface area contributed by atoms with Crippen LogP contribution in [0.1, 0.15) is 29.3 Å². The Morgan fingerprint density at radius 3 is 2.67 bits per heavy atom. The predicted molar refractivity (Wildman–Crippen MR) is 156 cm³/mol. The van der Waals surface area contributed by atoms with Crippen LogP contribution in [-0.4, -0.2) is 92.3 Å². The number of methoxy groups -OCH3 is 1. The van der Waals surface area contributed by atoms with Crippen LogP contribution < -0.4 is 15.4 Å². The summed E-state index contributed by atoms with van der Waals surface area (Å²) in [6, 6.07) is 7.17. The van der Waals surface area contributed by atoms with Gasteiger partial charge in [0.1, 0.15) is 17.8 Å². The molecular formula is C29H34F3N5O5S. The molecule has 2 atom stereocenters. The van der Waals surface area contributed by atoms with E-state index >= 15 is 0 Å². The van der Waals surface area contributed by atoms with E-state index in [4.69, 9.17) is 4.74 Å². The van der Waals surface area contributed by atoms with Crippen molar-refractivity contribution >= 4 is 32.5 Å². The quantitative estimate of drug-likeness (QED) is 0.312. The Hall–Kier alpha value is -3.80. The van der Waals surface area contributed by atoms with Crippen molar-refractivity contribution < 1.29 is 36.2 Å². The largest absolute Gasteiger partial charge is 0.495 e. The van der Waals surface area contributed by atoms with Crippen molar-refractivity contribution in [2.75, 3.05) is 51.5 Å². The molecule has 0 unspecified atom stereocenters. The normalized spacial score (nSPS) is 17.7. The number of nitrogens with zero attached hydrogens (tertiary/aromatic N) is 3. The van der Waals surface area contributed by atoms with Crippen molar-refractivity contribution in [2.24, 2.45) is 5.92 Å². The molecular weight excluding hydrogens is 587 g/mol. The third-order valence-corrected chi connectivity index (χ3v) is 8.35. The molecule has 1 aliphatic rings. The third-order valence-electron chi connectivity index (χ3n) is 7.24. The van der Waals surface area contributed by atoms with Gasteiger partial charge >= 0.3 is 6.18 Å². The number of hydrogen-bond acceptors (Lipinski definition) is 8. The topological polar surface area (TPSA) is 126 Å². The molecule has 232 valence electrons. The van der Waals surface area contributed by atoms with E-state index in [0.29, 0.717) is 43.1 Å².